The Labute approximate surface area is 105 Å². The summed E-state index contributed by atoms with van der Waals surface area (Å²) in [6.07, 6.45) is -0.673. The molecular formula is C10H18N2O6. The molecule has 0 aliphatic rings. The van der Waals surface area contributed by atoms with E-state index in [0.717, 1.165) is 0 Å². The molecule has 0 bridgehead atoms. The summed E-state index contributed by atoms with van der Waals surface area (Å²) in [5.74, 6) is -2.69. The number of urea groups is 1. The molecule has 0 fully saturated rings. The van der Waals surface area contributed by atoms with Crippen molar-refractivity contribution in [3.8, 4) is 0 Å². The Morgan fingerprint density at radius 3 is 2.28 bits per heavy atom. The van der Waals surface area contributed by atoms with Crippen LogP contribution in [0.3, 0.4) is 0 Å². The van der Waals surface area contributed by atoms with Gasteiger partial charge in [-0.15, -0.1) is 0 Å². The van der Waals surface area contributed by atoms with E-state index in [-0.39, 0.29) is 6.04 Å². The third-order valence-corrected chi connectivity index (χ3v) is 2.36. The van der Waals surface area contributed by atoms with Crippen LogP contribution < -0.4 is 5.32 Å². The van der Waals surface area contributed by atoms with Crippen molar-refractivity contribution in [2.24, 2.45) is 0 Å². The molecule has 8 heteroatoms. The third kappa shape index (κ3) is 5.48. The molecule has 2 atom stereocenters. The van der Waals surface area contributed by atoms with Crippen molar-refractivity contribution in [3.05, 3.63) is 0 Å². The van der Waals surface area contributed by atoms with Gasteiger partial charge in [0.15, 0.2) is 0 Å². The second kappa shape index (κ2) is 7.49. The molecule has 0 aromatic heterocycles. The lowest BCUT2D eigenvalue weighted by Gasteiger charge is -2.26. The van der Waals surface area contributed by atoms with Gasteiger partial charge in [0.25, 0.3) is 0 Å². The van der Waals surface area contributed by atoms with E-state index in [4.69, 9.17) is 14.9 Å². The lowest BCUT2D eigenvalue weighted by molar-refractivity contribution is -0.145. The van der Waals surface area contributed by atoms with Gasteiger partial charge in [-0.25, -0.2) is 9.59 Å². The maximum atomic E-state index is 11.7. The van der Waals surface area contributed by atoms with Gasteiger partial charge >= 0.3 is 18.0 Å². The van der Waals surface area contributed by atoms with E-state index in [0.29, 0.717) is 6.61 Å². The van der Waals surface area contributed by atoms with Gasteiger partial charge in [0, 0.05) is 14.2 Å². The minimum Gasteiger partial charge on any atom is -0.481 e. The fourth-order valence-corrected chi connectivity index (χ4v) is 1.18. The summed E-state index contributed by atoms with van der Waals surface area (Å²) < 4.78 is 4.86. The molecule has 0 heterocycles. The van der Waals surface area contributed by atoms with Crippen molar-refractivity contribution >= 4 is 18.0 Å². The van der Waals surface area contributed by atoms with E-state index in [9.17, 15) is 14.4 Å². The average molecular weight is 262 g/mol. The Hall–Kier alpha value is -1.83. The zero-order chi connectivity index (χ0) is 14.3. The van der Waals surface area contributed by atoms with Crippen molar-refractivity contribution in [3.63, 3.8) is 0 Å². The number of carboxylic acids is 2. The summed E-state index contributed by atoms with van der Waals surface area (Å²) in [5.41, 5.74) is 0. The molecule has 3 N–H and O–H groups in total. The Kier molecular flexibility index (Phi) is 6.73. The zero-order valence-electron chi connectivity index (χ0n) is 10.5. The summed E-state index contributed by atoms with van der Waals surface area (Å²) in [5, 5.41) is 19.4. The molecule has 104 valence electrons. The summed E-state index contributed by atoms with van der Waals surface area (Å²) in [6, 6.07) is -2.37. The smallest absolute Gasteiger partial charge is 0.326 e. The second-order valence-corrected chi connectivity index (χ2v) is 3.85. The highest BCUT2D eigenvalue weighted by Gasteiger charge is 2.25. The van der Waals surface area contributed by atoms with Gasteiger partial charge in [-0.05, 0) is 6.92 Å². The summed E-state index contributed by atoms with van der Waals surface area (Å²) in [4.78, 5) is 34.1. The van der Waals surface area contributed by atoms with Crippen LogP contribution in [0.15, 0.2) is 0 Å². The van der Waals surface area contributed by atoms with Crippen LogP contribution in [0.4, 0.5) is 4.79 Å². The van der Waals surface area contributed by atoms with Crippen LogP contribution in [0.25, 0.3) is 0 Å². The van der Waals surface area contributed by atoms with Crippen molar-refractivity contribution in [1.29, 1.82) is 0 Å². The summed E-state index contributed by atoms with van der Waals surface area (Å²) in [7, 11) is 2.95. The lowest BCUT2D eigenvalue weighted by Crippen LogP contribution is -2.50. The van der Waals surface area contributed by atoms with Crippen LogP contribution in [-0.4, -0.2) is 65.9 Å². The molecule has 18 heavy (non-hydrogen) atoms. The Morgan fingerprint density at radius 1 is 1.33 bits per heavy atom. The van der Waals surface area contributed by atoms with Crippen LogP contribution in [0.2, 0.25) is 0 Å². The van der Waals surface area contributed by atoms with E-state index in [1.165, 1.54) is 19.1 Å². The van der Waals surface area contributed by atoms with Gasteiger partial charge in [0.05, 0.1) is 19.1 Å². The highest BCUT2D eigenvalue weighted by atomic mass is 16.5. The zero-order valence-corrected chi connectivity index (χ0v) is 10.5. The fourth-order valence-electron chi connectivity index (χ4n) is 1.18. The quantitative estimate of drug-likeness (QED) is 0.574. The normalized spacial score (nSPS) is 13.5. The Balaban J connectivity index is 4.49. The molecule has 8 nitrogen and oxygen atoms in total. The van der Waals surface area contributed by atoms with Crippen LogP contribution in [0.1, 0.15) is 13.3 Å². The number of nitrogens with zero attached hydrogens (tertiary/aromatic N) is 1. The number of likely N-dealkylation sites (N-methyl/N-ethyl adjacent to an activating group) is 1. The standard InChI is InChI=1S/C10H18N2O6/c1-6(5-18-3)12(2)10(17)11-7(9(15)16)4-8(13)14/h6-7H,4-5H2,1-3H3,(H,11,17)(H,13,14)(H,15,16)/t6?,7-/m0/s1. The fraction of sp³-hybridized carbons (Fsp3) is 0.700. The number of ether oxygens (including phenoxy) is 1. The number of aliphatic carboxylic acids is 2. The largest absolute Gasteiger partial charge is 0.481 e. The molecule has 0 spiro atoms. The van der Waals surface area contributed by atoms with E-state index in [1.54, 1.807) is 6.92 Å². The van der Waals surface area contributed by atoms with Gasteiger partial charge in [-0.3, -0.25) is 4.79 Å². The molecule has 1 unspecified atom stereocenters. The molecule has 2 amide bonds. The molecule has 0 radical (unpaired) electrons. The van der Waals surface area contributed by atoms with Crippen LogP contribution in [0, 0.1) is 0 Å². The van der Waals surface area contributed by atoms with E-state index >= 15 is 0 Å². The SMILES string of the molecule is COCC(C)N(C)C(=O)N[C@@H](CC(=O)O)C(=O)O. The van der Waals surface area contributed by atoms with E-state index in [2.05, 4.69) is 5.32 Å². The molecule has 0 aliphatic heterocycles. The highest BCUT2D eigenvalue weighted by molar-refractivity contribution is 5.86. The molecule has 0 aromatic carbocycles. The molecule has 0 aliphatic carbocycles. The molecule has 0 saturated carbocycles. The van der Waals surface area contributed by atoms with Crippen LogP contribution in [0.5, 0.6) is 0 Å². The van der Waals surface area contributed by atoms with E-state index in [1.807, 2.05) is 0 Å². The monoisotopic (exact) mass is 262 g/mol. The molecule has 0 aromatic rings. The second-order valence-electron chi connectivity index (χ2n) is 3.85. The topological polar surface area (TPSA) is 116 Å². The van der Waals surface area contributed by atoms with E-state index < -0.39 is 30.4 Å². The van der Waals surface area contributed by atoms with Crippen LogP contribution >= 0.6 is 0 Å². The van der Waals surface area contributed by atoms with Gasteiger partial charge in [0.2, 0.25) is 0 Å². The predicted molar refractivity (Wildman–Crippen MR) is 61.3 cm³/mol. The Morgan fingerprint density at radius 2 is 1.89 bits per heavy atom. The highest BCUT2D eigenvalue weighted by Crippen LogP contribution is 1.99. The third-order valence-electron chi connectivity index (χ3n) is 2.36. The van der Waals surface area contributed by atoms with Gasteiger partial charge in [0.1, 0.15) is 6.04 Å². The minimum absolute atomic E-state index is 0.255. The Bertz CT molecular complexity index is 319. The number of carbonyl (C=O) groups excluding carboxylic acids is 1. The number of hydrogen-bond donors (Lipinski definition) is 3. The molecule has 0 rings (SSSR count). The molecular weight excluding hydrogens is 244 g/mol. The summed E-state index contributed by atoms with van der Waals surface area (Å²) in [6.45, 7) is 2.01. The van der Waals surface area contributed by atoms with Crippen molar-refractivity contribution in [2.45, 2.75) is 25.4 Å². The predicted octanol–water partition coefficient (Wildman–Crippen LogP) is -0.409. The van der Waals surface area contributed by atoms with Crippen LogP contribution in [-0.2, 0) is 14.3 Å². The number of rotatable bonds is 7. The van der Waals surface area contributed by atoms with Crippen molar-refractivity contribution in [2.75, 3.05) is 20.8 Å². The first-order valence-corrected chi connectivity index (χ1v) is 5.26. The van der Waals surface area contributed by atoms with Gasteiger partial charge in [-0.1, -0.05) is 0 Å². The van der Waals surface area contributed by atoms with Crippen molar-refractivity contribution < 1.29 is 29.3 Å². The number of carbonyl (C=O) groups is 3. The molecule has 0 saturated heterocycles. The lowest BCUT2D eigenvalue weighted by atomic mass is 10.2. The van der Waals surface area contributed by atoms with Gasteiger partial charge < -0.3 is 25.2 Å². The number of amides is 2. The number of hydrogen-bond acceptors (Lipinski definition) is 4. The maximum absolute atomic E-state index is 11.7. The van der Waals surface area contributed by atoms with Crippen molar-refractivity contribution in [1.82, 2.24) is 10.2 Å². The first kappa shape index (κ1) is 16.2. The minimum atomic E-state index is -1.45. The average Bonchev–Trinajstić information content (AvgIpc) is 2.26. The number of methoxy groups -OCH3 is 1. The maximum Gasteiger partial charge on any atom is 0.326 e. The summed E-state index contributed by atoms with van der Waals surface area (Å²) >= 11 is 0. The first-order chi connectivity index (χ1) is 8.29. The number of nitrogens with one attached hydrogen (secondary N) is 1. The van der Waals surface area contributed by atoms with Gasteiger partial charge in [-0.2, -0.15) is 0 Å². The number of carboxylic acid groups (broad SMARTS) is 2. The first-order valence-electron chi connectivity index (χ1n) is 5.26.